The number of benzene rings is 2. The van der Waals surface area contributed by atoms with Gasteiger partial charge in [0.2, 0.25) is 5.91 Å². The Morgan fingerprint density at radius 2 is 1.83 bits per heavy atom. The van der Waals surface area contributed by atoms with Crippen LogP contribution < -0.4 is 19.5 Å². The summed E-state index contributed by atoms with van der Waals surface area (Å²) in [6, 6.07) is 10.7. The molecule has 0 aliphatic rings. The molecule has 0 saturated heterocycles. The summed E-state index contributed by atoms with van der Waals surface area (Å²) >= 11 is 0. The summed E-state index contributed by atoms with van der Waals surface area (Å²) < 4.78 is 16.3. The summed E-state index contributed by atoms with van der Waals surface area (Å²) in [5, 5.41) is 12.5. The number of phenols is 1. The fraction of sp³-hybridized carbons (Fsp3) is 0.375. The third-order valence-electron chi connectivity index (χ3n) is 4.58. The fourth-order valence-electron chi connectivity index (χ4n) is 2.88. The van der Waals surface area contributed by atoms with E-state index in [1.54, 1.807) is 31.4 Å². The van der Waals surface area contributed by atoms with Crippen molar-refractivity contribution in [3.63, 3.8) is 0 Å². The molecule has 30 heavy (non-hydrogen) atoms. The van der Waals surface area contributed by atoms with Crippen LogP contribution in [0.4, 0.5) is 0 Å². The second kappa shape index (κ2) is 12.4. The first-order valence-corrected chi connectivity index (χ1v) is 10.2. The van der Waals surface area contributed by atoms with Gasteiger partial charge in [-0.05, 0) is 54.3 Å². The third kappa shape index (κ3) is 7.35. The highest BCUT2D eigenvalue weighted by molar-refractivity contribution is 5.91. The van der Waals surface area contributed by atoms with Crippen LogP contribution in [0.5, 0.6) is 23.0 Å². The van der Waals surface area contributed by atoms with E-state index in [0.29, 0.717) is 36.8 Å². The van der Waals surface area contributed by atoms with Crippen LogP contribution in [0.15, 0.2) is 42.5 Å². The molecule has 0 bridgehead atoms. The van der Waals surface area contributed by atoms with Crippen LogP contribution >= 0.6 is 0 Å². The summed E-state index contributed by atoms with van der Waals surface area (Å²) in [5.41, 5.74) is 1.83. The van der Waals surface area contributed by atoms with Gasteiger partial charge in [-0.25, -0.2) is 0 Å². The van der Waals surface area contributed by atoms with E-state index >= 15 is 0 Å². The van der Waals surface area contributed by atoms with E-state index in [4.69, 9.17) is 14.2 Å². The van der Waals surface area contributed by atoms with Gasteiger partial charge in [0.1, 0.15) is 0 Å². The molecule has 0 radical (unpaired) electrons. The molecule has 0 saturated carbocycles. The normalized spacial score (nSPS) is 10.8. The van der Waals surface area contributed by atoms with E-state index in [1.807, 2.05) is 18.2 Å². The minimum atomic E-state index is -0.179. The number of nitrogens with one attached hydrogen (secondary N) is 1. The Kier molecular flexibility index (Phi) is 9.58. The molecule has 0 unspecified atom stereocenters. The molecule has 0 atom stereocenters. The van der Waals surface area contributed by atoms with E-state index in [9.17, 15) is 9.90 Å². The molecule has 0 aliphatic heterocycles. The summed E-state index contributed by atoms with van der Waals surface area (Å²) in [5.74, 6) is 1.70. The van der Waals surface area contributed by atoms with E-state index in [1.165, 1.54) is 13.2 Å². The van der Waals surface area contributed by atoms with Crippen molar-refractivity contribution in [2.24, 2.45) is 0 Å². The van der Waals surface area contributed by atoms with Crippen LogP contribution in [0.1, 0.15) is 37.3 Å². The average Bonchev–Trinajstić information content (AvgIpc) is 2.76. The third-order valence-corrected chi connectivity index (χ3v) is 4.58. The van der Waals surface area contributed by atoms with E-state index in [0.717, 1.165) is 30.4 Å². The summed E-state index contributed by atoms with van der Waals surface area (Å²) in [6.07, 6.45) is 7.14. The zero-order chi connectivity index (χ0) is 21.8. The largest absolute Gasteiger partial charge is 0.504 e. The first-order valence-electron chi connectivity index (χ1n) is 10.2. The Hall–Kier alpha value is -3.15. The summed E-state index contributed by atoms with van der Waals surface area (Å²) in [6.45, 7) is 3.27. The molecule has 6 heteroatoms. The number of hydrogen-bond acceptors (Lipinski definition) is 5. The van der Waals surface area contributed by atoms with Crippen molar-refractivity contribution in [2.45, 2.75) is 32.6 Å². The van der Waals surface area contributed by atoms with Gasteiger partial charge in [0.25, 0.3) is 0 Å². The van der Waals surface area contributed by atoms with Crippen LogP contribution in [0.2, 0.25) is 0 Å². The SMILES string of the molecule is CCCCCOc1cc(C=CC(=O)NCCc2ccc(O)c(OC)c2)ccc1OC. The number of carbonyl (C=O) groups excluding carboxylic acids is 1. The van der Waals surface area contributed by atoms with Gasteiger partial charge in [0.05, 0.1) is 20.8 Å². The van der Waals surface area contributed by atoms with Crippen LogP contribution in [-0.4, -0.2) is 38.4 Å². The molecule has 0 aliphatic carbocycles. The Balaban J connectivity index is 1.87. The maximum atomic E-state index is 12.1. The highest BCUT2D eigenvalue weighted by Crippen LogP contribution is 2.29. The van der Waals surface area contributed by atoms with Gasteiger partial charge < -0.3 is 24.6 Å². The van der Waals surface area contributed by atoms with Crippen LogP contribution in [0.3, 0.4) is 0 Å². The van der Waals surface area contributed by atoms with Gasteiger partial charge in [-0.15, -0.1) is 0 Å². The average molecular weight is 414 g/mol. The van der Waals surface area contributed by atoms with Gasteiger partial charge in [-0.2, -0.15) is 0 Å². The Morgan fingerprint density at radius 3 is 2.57 bits per heavy atom. The minimum Gasteiger partial charge on any atom is -0.504 e. The van der Waals surface area contributed by atoms with Gasteiger partial charge in [0.15, 0.2) is 23.0 Å². The summed E-state index contributed by atoms with van der Waals surface area (Å²) in [4.78, 5) is 12.1. The number of phenolic OH excluding ortho intramolecular Hbond substituents is 1. The smallest absolute Gasteiger partial charge is 0.244 e. The van der Waals surface area contributed by atoms with Crippen molar-refractivity contribution in [1.82, 2.24) is 5.32 Å². The quantitative estimate of drug-likeness (QED) is 0.400. The molecule has 2 rings (SSSR count). The van der Waals surface area contributed by atoms with Crippen molar-refractivity contribution in [1.29, 1.82) is 0 Å². The van der Waals surface area contributed by atoms with Crippen LogP contribution in [0.25, 0.3) is 6.08 Å². The second-order valence-electron chi connectivity index (χ2n) is 6.85. The van der Waals surface area contributed by atoms with E-state index in [-0.39, 0.29) is 11.7 Å². The molecule has 6 nitrogen and oxygen atoms in total. The highest BCUT2D eigenvalue weighted by atomic mass is 16.5. The molecule has 0 spiro atoms. The summed E-state index contributed by atoms with van der Waals surface area (Å²) in [7, 11) is 3.12. The molecule has 0 heterocycles. The minimum absolute atomic E-state index is 0.0985. The second-order valence-corrected chi connectivity index (χ2v) is 6.85. The Morgan fingerprint density at radius 1 is 1.03 bits per heavy atom. The molecule has 0 fully saturated rings. The van der Waals surface area contributed by atoms with Crippen molar-refractivity contribution in [2.75, 3.05) is 27.4 Å². The molecule has 2 aromatic carbocycles. The predicted octanol–water partition coefficient (Wildman–Crippen LogP) is 4.35. The number of aromatic hydroxyl groups is 1. The maximum absolute atomic E-state index is 12.1. The topological polar surface area (TPSA) is 77.0 Å². The fourth-order valence-corrected chi connectivity index (χ4v) is 2.88. The number of hydrogen-bond donors (Lipinski definition) is 2. The van der Waals surface area contributed by atoms with Gasteiger partial charge in [-0.1, -0.05) is 31.9 Å². The number of amides is 1. The first kappa shape index (κ1) is 23.1. The van der Waals surface area contributed by atoms with E-state index < -0.39 is 0 Å². The van der Waals surface area contributed by atoms with Crippen molar-refractivity contribution in [3.05, 3.63) is 53.6 Å². The lowest BCUT2D eigenvalue weighted by Gasteiger charge is -2.11. The Labute approximate surface area is 178 Å². The number of unbranched alkanes of at least 4 members (excludes halogenated alkanes) is 2. The number of ether oxygens (including phenoxy) is 3. The van der Waals surface area contributed by atoms with Gasteiger partial charge in [0, 0.05) is 12.6 Å². The van der Waals surface area contributed by atoms with Crippen molar-refractivity contribution >= 4 is 12.0 Å². The maximum Gasteiger partial charge on any atom is 0.244 e. The molecule has 2 N–H and O–H groups in total. The molecule has 0 aromatic heterocycles. The molecule has 2 aromatic rings. The number of carbonyl (C=O) groups is 1. The number of methoxy groups -OCH3 is 2. The first-order chi connectivity index (χ1) is 14.6. The molecule has 1 amide bonds. The molecular weight excluding hydrogens is 382 g/mol. The zero-order valence-corrected chi connectivity index (χ0v) is 17.9. The zero-order valence-electron chi connectivity index (χ0n) is 17.9. The lowest BCUT2D eigenvalue weighted by Crippen LogP contribution is -2.23. The van der Waals surface area contributed by atoms with Crippen molar-refractivity contribution in [3.8, 4) is 23.0 Å². The molecular formula is C24H31NO5. The van der Waals surface area contributed by atoms with Crippen LogP contribution in [-0.2, 0) is 11.2 Å². The lowest BCUT2D eigenvalue weighted by molar-refractivity contribution is -0.116. The van der Waals surface area contributed by atoms with Crippen LogP contribution in [0, 0.1) is 0 Å². The monoisotopic (exact) mass is 413 g/mol. The highest BCUT2D eigenvalue weighted by Gasteiger charge is 2.06. The number of rotatable bonds is 12. The van der Waals surface area contributed by atoms with Gasteiger partial charge in [-0.3, -0.25) is 4.79 Å². The molecule has 162 valence electrons. The van der Waals surface area contributed by atoms with Crippen molar-refractivity contribution < 1.29 is 24.1 Å². The standard InChI is InChI=1S/C24H31NO5/c1-4-5-6-15-30-23-17-18(8-11-21(23)28-2)9-12-24(27)25-14-13-19-7-10-20(26)22(16-19)29-3/h7-12,16-17,26H,4-6,13-15H2,1-3H3,(H,25,27). The van der Waals surface area contributed by atoms with Gasteiger partial charge >= 0.3 is 0 Å². The van der Waals surface area contributed by atoms with E-state index in [2.05, 4.69) is 12.2 Å². The predicted molar refractivity (Wildman–Crippen MR) is 118 cm³/mol. The Bertz CT molecular complexity index is 847. The lowest BCUT2D eigenvalue weighted by atomic mass is 10.1.